The van der Waals surface area contributed by atoms with Gasteiger partial charge in [0.1, 0.15) is 0 Å². The molecule has 1 aliphatic heterocycles. The van der Waals surface area contributed by atoms with Gasteiger partial charge in [0.15, 0.2) is 0 Å². The van der Waals surface area contributed by atoms with E-state index in [0.717, 1.165) is 6.04 Å². The maximum absolute atomic E-state index is 3.46. The minimum absolute atomic E-state index is 0.929. The molecule has 0 aromatic heterocycles. The van der Waals surface area contributed by atoms with E-state index in [0.29, 0.717) is 0 Å². The maximum atomic E-state index is 3.46. The number of alkyl halides is 1. The monoisotopic (exact) mass is 192 g/mol. The number of quaternary nitrogens is 1. The van der Waals surface area contributed by atoms with Crippen LogP contribution in [0, 0.1) is 0 Å². The van der Waals surface area contributed by atoms with Crippen molar-refractivity contribution < 1.29 is 5.32 Å². The molecule has 54 valence electrons. The molecule has 2 N–H and O–H groups in total. The summed E-state index contributed by atoms with van der Waals surface area (Å²) in [4.78, 5) is 0. The highest BCUT2D eigenvalue weighted by atomic mass is 79.9. The van der Waals surface area contributed by atoms with Gasteiger partial charge in [0.05, 0.1) is 12.6 Å². The van der Waals surface area contributed by atoms with E-state index < -0.39 is 0 Å². The number of nitrogens with two attached hydrogens (primary N) is 1. The molecule has 0 radical (unpaired) electrons. The van der Waals surface area contributed by atoms with Gasteiger partial charge in [-0.3, -0.25) is 0 Å². The molecule has 2 heteroatoms. The van der Waals surface area contributed by atoms with Gasteiger partial charge in [-0.2, -0.15) is 0 Å². The van der Waals surface area contributed by atoms with Crippen LogP contribution in [0.3, 0.4) is 0 Å². The fourth-order valence-electron chi connectivity index (χ4n) is 1.42. The van der Waals surface area contributed by atoms with Crippen LogP contribution < -0.4 is 5.32 Å². The first kappa shape index (κ1) is 7.55. The zero-order valence-electron chi connectivity index (χ0n) is 5.78. The SMILES string of the molecule is BrCC[C@H]1CCCC[NH2+]1. The number of rotatable bonds is 2. The van der Waals surface area contributed by atoms with Crippen LogP contribution in [0.4, 0.5) is 0 Å². The average Bonchev–Trinajstić information content (AvgIpc) is 1.91. The molecular formula is C7H15BrN+. The Bertz CT molecular complexity index is 66.6. The van der Waals surface area contributed by atoms with Crippen molar-refractivity contribution in [2.24, 2.45) is 0 Å². The molecule has 0 saturated carbocycles. The molecule has 0 aliphatic carbocycles. The Hall–Kier alpha value is 0.440. The first-order valence-corrected chi connectivity index (χ1v) is 4.95. The summed E-state index contributed by atoms with van der Waals surface area (Å²) in [5, 5.41) is 3.67. The molecule has 0 aromatic rings. The van der Waals surface area contributed by atoms with Crippen molar-refractivity contribution in [1.82, 2.24) is 0 Å². The summed E-state index contributed by atoms with van der Waals surface area (Å²) in [6.07, 6.45) is 5.67. The summed E-state index contributed by atoms with van der Waals surface area (Å²) in [5.74, 6) is 0. The number of piperidine rings is 1. The summed E-state index contributed by atoms with van der Waals surface area (Å²) in [6, 6.07) is 0.929. The van der Waals surface area contributed by atoms with Gasteiger partial charge in [0.2, 0.25) is 0 Å². The Morgan fingerprint density at radius 2 is 2.33 bits per heavy atom. The van der Waals surface area contributed by atoms with Crippen molar-refractivity contribution >= 4 is 15.9 Å². The Balaban J connectivity index is 2.08. The number of hydrogen-bond donors (Lipinski definition) is 1. The lowest BCUT2D eigenvalue weighted by Gasteiger charge is -2.18. The third-order valence-corrected chi connectivity index (χ3v) is 2.47. The summed E-state index contributed by atoms with van der Waals surface area (Å²) in [7, 11) is 0. The molecule has 0 aromatic carbocycles. The van der Waals surface area contributed by atoms with E-state index in [-0.39, 0.29) is 0 Å². The standard InChI is InChI=1S/C7H14BrN/c8-5-4-7-3-1-2-6-9-7/h7,9H,1-6H2/p+1/t7-/m1/s1. The maximum Gasteiger partial charge on any atom is 0.0867 e. The van der Waals surface area contributed by atoms with Crippen LogP contribution in [0.25, 0.3) is 0 Å². The van der Waals surface area contributed by atoms with Gasteiger partial charge in [-0.25, -0.2) is 0 Å². The number of hydrogen-bond acceptors (Lipinski definition) is 0. The van der Waals surface area contributed by atoms with E-state index in [1.54, 1.807) is 0 Å². The van der Waals surface area contributed by atoms with Gasteiger partial charge < -0.3 is 5.32 Å². The van der Waals surface area contributed by atoms with Gasteiger partial charge in [-0.1, -0.05) is 15.9 Å². The third kappa shape index (κ3) is 2.67. The van der Waals surface area contributed by atoms with E-state index >= 15 is 0 Å². The quantitative estimate of drug-likeness (QED) is 0.627. The van der Waals surface area contributed by atoms with Crippen LogP contribution in [0.15, 0.2) is 0 Å². The highest BCUT2D eigenvalue weighted by Gasteiger charge is 2.14. The zero-order valence-corrected chi connectivity index (χ0v) is 7.36. The molecule has 1 fully saturated rings. The van der Waals surface area contributed by atoms with Crippen LogP contribution >= 0.6 is 15.9 Å². The molecule has 1 aliphatic rings. The second-order valence-corrected chi connectivity index (χ2v) is 3.55. The molecular weight excluding hydrogens is 178 g/mol. The predicted molar refractivity (Wildman–Crippen MR) is 42.8 cm³/mol. The Kier molecular flexibility index (Phi) is 3.59. The fourth-order valence-corrected chi connectivity index (χ4v) is 2.01. The van der Waals surface area contributed by atoms with Gasteiger partial charge in [0.25, 0.3) is 0 Å². The van der Waals surface area contributed by atoms with Gasteiger partial charge in [-0.15, -0.1) is 0 Å². The second kappa shape index (κ2) is 4.29. The topological polar surface area (TPSA) is 16.6 Å². The third-order valence-electron chi connectivity index (χ3n) is 2.01. The predicted octanol–water partition coefficient (Wildman–Crippen LogP) is 0.887. The summed E-state index contributed by atoms with van der Waals surface area (Å²) in [5.41, 5.74) is 0. The molecule has 1 rings (SSSR count). The highest BCUT2D eigenvalue weighted by Crippen LogP contribution is 2.05. The fraction of sp³-hybridized carbons (Fsp3) is 1.00. The van der Waals surface area contributed by atoms with Crippen molar-refractivity contribution in [2.75, 3.05) is 11.9 Å². The van der Waals surface area contributed by atoms with Crippen LogP contribution in [-0.4, -0.2) is 17.9 Å². The van der Waals surface area contributed by atoms with Crippen LogP contribution in [0.2, 0.25) is 0 Å². The van der Waals surface area contributed by atoms with Gasteiger partial charge in [0, 0.05) is 11.8 Å². The molecule has 1 heterocycles. The van der Waals surface area contributed by atoms with Gasteiger partial charge >= 0.3 is 0 Å². The molecule has 1 nitrogen and oxygen atoms in total. The van der Waals surface area contributed by atoms with Crippen LogP contribution in [0.1, 0.15) is 25.7 Å². The highest BCUT2D eigenvalue weighted by molar-refractivity contribution is 9.09. The van der Waals surface area contributed by atoms with E-state index in [2.05, 4.69) is 21.2 Å². The van der Waals surface area contributed by atoms with E-state index in [1.165, 1.54) is 37.6 Å². The Morgan fingerprint density at radius 3 is 2.89 bits per heavy atom. The lowest BCUT2D eigenvalue weighted by Crippen LogP contribution is -2.91. The first-order valence-electron chi connectivity index (χ1n) is 3.83. The van der Waals surface area contributed by atoms with Crippen molar-refractivity contribution in [2.45, 2.75) is 31.7 Å². The minimum atomic E-state index is 0.929. The van der Waals surface area contributed by atoms with Crippen molar-refractivity contribution in [1.29, 1.82) is 0 Å². The van der Waals surface area contributed by atoms with Crippen molar-refractivity contribution in [3.05, 3.63) is 0 Å². The van der Waals surface area contributed by atoms with E-state index in [4.69, 9.17) is 0 Å². The lowest BCUT2D eigenvalue weighted by molar-refractivity contribution is -0.697. The largest absolute Gasteiger partial charge is 0.344 e. The van der Waals surface area contributed by atoms with E-state index in [1.807, 2.05) is 0 Å². The average molecular weight is 193 g/mol. The van der Waals surface area contributed by atoms with Crippen LogP contribution in [0.5, 0.6) is 0 Å². The summed E-state index contributed by atoms with van der Waals surface area (Å²) >= 11 is 3.46. The molecule has 1 saturated heterocycles. The van der Waals surface area contributed by atoms with E-state index in [9.17, 15) is 0 Å². The molecule has 0 bridgehead atoms. The van der Waals surface area contributed by atoms with Crippen molar-refractivity contribution in [3.8, 4) is 0 Å². The first-order chi connectivity index (χ1) is 4.43. The molecule has 0 spiro atoms. The van der Waals surface area contributed by atoms with Gasteiger partial charge in [-0.05, 0) is 19.3 Å². The molecule has 1 atom stereocenters. The zero-order chi connectivity index (χ0) is 6.53. The molecule has 0 unspecified atom stereocenters. The molecule has 0 amide bonds. The lowest BCUT2D eigenvalue weighted by atomic mass is 10.0. The Labute approximate surface area is 65.3 Å². The Morgan fingerprint density at radius 1 is 1.44 bits per heavy atom. The van der Waals surface area contributed by atoms with Crippen molar-refractivity contribution in [3.63, 3.8) is 0 Å². The minimum Gasteiger partial charge on any atom is -0.344 e. The second-order valence-electron chi connectivity index (χ2n) is 2.76. The smallest absolute Gasteiger partial charge is 0.0867 e. The normalized spacial score (nSPS) is 28.3. The van der Waals surface area contributed by atoms with Crippen LogP contribution in [-0.2, 0) is 0 Å². The summed E-state index contributed by atoms with van der Waals surface area (Å²) in [6.45, 7) is 1.36. The molecule has 9 heavy (non-hydrogen) atoms. The number of halogens is 1. The summed E-state index contributed by atoms with van der Waals surface area (Å²) < 4.78 is 0.